The zero-order valence-electron chi connectivity index (χ0n) is 15.1. The SMILES string of the molecule is O=C(O)COc1ccc(CCNC(=O)CCn2nc3ccccn3c2=O)cc1. The second-order valence-corrected chi connectivity index (χ2v) is 6.11. The fourth-order valence-corrected chi connectivity index (χ4v) is 2.65. The van der Waals surface area contributed by atoms with Crippen LogP contribution in [0.1, 0.15) is 12.0 Å². The first-order chi connectivity index (χ1) is 13.5. The normalized spacial score (nSPS) is 10.7. The highest BCUT2D eigenvalue weighted by Gasteiger charge is 2.08. The summed E-state index contributed by atoms with van der Waals surface area (Å²) >= 11 is 0. The molecule has 2 N–H and O–H groups in total. The van der Waals surface area contributed by atoms with Gasteiger partial charge in [0.1, 0.15) is 5.75 Å². The van der Waals surface area contributed by atoms with E-state index in [-0.39, 0.29) is 31.2 Å². The second kappa shape index (κ2) is 8.85. The summed E-state index contributed by atoms with van der Waals surface area (Å²) in [5.74, 6) is -0.712. The molecule has 2 aromatic heterocycles. The molecule has 9 heteroatoms. The van der Waals surface area contributed by atoms with Gasteiger partial charge in [-0.2, -0.15) is 0 Å². The minimum Gasteiger partial charge on any atom is -0.482 e. The van der Waals surface area contributed by atoms with Gasteiger partial charge in [0.05, 0.1) is 6.54 Å². The number of hydrogen-bond donors (Lipinski definition) is 2. The molecule has 0 fully saturated rings. The average molecular weight is 384 g/mol. The number of carboxylic acid groups (broad SMARTS) is 1. The molecular formula is C19H20N4O5. The molecule has 2 heterocycles. The molecule has 3 aromatic rings. The van der Waals surface area contributed by atoms with Gasteiger partial charge in [-0.3, -0.25) is 9.20 Å². The number of nitrogens with one attached hydrogen (secondary N) is 1. The molecule has 0 aliphatic heterocycles. The molecule has 9 nitrogen and oxygen atoms in total. The van der Waals surface area contributed by atoms with Crippen molar-refractivity contribution in [2.45, 2.75) is 19.4 Å². The number of carboxylic acids is 1. The van der Waals surface area contributed by atoms with Crippen LogP contribution in [0.5, 0.6) is 5.75 Å². The molecule has 3 rings (SSSR count). The van der Waals surface area contributed by atoms with E-state index in [2.05, 4.69) is 10.4 Å². The number of nitrogens with zero attached hydrogens (tertiary/aromatic N) is 3. The van der Waals surface area contributed by atoms with E-state index in [0.717, 1.165) is 5.56 Å². The maximum atomic E-state index is 12.1. The highest BCUT2D eigenvalue weighted by molar-refractivity contribution is 5.75. The van der Waals surface area contributed by atoms with Gasteiger partial charge in [-0.05, 0) is 36.2 Å². The third kappa shape index (κ3) is 4.97. The van der Waals surface area contributed by atoms with Crippen LogP contribution in [0.3, 0.4) is 0 Å². The van der Waals surface area contributed by atoms with Crippen molar-refractivity contribution in [3.8, 4) is 5.75 Å². The molecule has 28 heavy (non-hydrogen) atoms. The number of aromatic nitrogens is 3. The largest absolute Gasteiger partial charge is 0.482 e. The Bertz CT molecular complexity index is 1020. The topological polar surface area (TPSA) is 115 Å². The van der Waals surface area contributed by atoms with Crippen LogP contribution in [-0.2, 0) is 22.6 Å². The Kier molecular flexibility index (Phi) is 6.05. The summed E-state index contributed by atoms with van der Waals surface area (Å²) in [7, 11) is 0. The molecule has 0 saturated heterocycles. The van der Waals surface area contributed by atoms with E-state index in [9.17, 15) is 14.4 Å². The minimum absolute atomic E-state index is 0.158. The predicted molar refractivity (Wildman–Crippen MR) is 100 cm³/mol. The lowest BCUT2D eigenvalue weighted by Crippen LogP contribution is -2.29. The van der Waals surface area contributed by atoms with Crippen LogP contribution in [0.2, 0.25) is 0 Å². The van der Waals surface area contributed by atoms with Gasteiger partial charge in [0, 0.05) is 19.2 Å². The second-order valence-electron chi connectivity index (χ2n) is 6.11. The Morgan fingerprint density at radius 1 is 1.14 bits per heavy atom. The van der Waals surface area contributed by atoms with Crippen LogP contribution in [0.25, 0.3) is 5.65 Å². The third-order valence-corrected chi connectivity index (χ3v) is 4.06. The number of aryl methyl sites for hydroxylation is 1. The van der Waals surface area contributed by atoms with E-state index in [0.29, 0.717) is 24.4 Å². The van der Waals surface area contributed by atoms with Gasteiger partial charge in [-0.25, -0.2) is 14.3 Å². The first-order valence-electron chi connectivity index (χ1n) is 8.77. The van der Waals surface area contributed by atoms with Gasteiger partial charge in [0.25, 0.3) is 0 Å². The van der Waals surface area contributed by atoms with Gasteiger partial charge < -0.3 is 15.2 Å². The number of carbonyl (C=O) groups excluding carboxylic acids is 1. The standard InChI is InChI=1S/C19H20N4O5/c24-17(9-12-23-19(27)22-11-2-1-3-16(22)21-23)20-10-8-14-4-6-15(7-5-14)28-13-18(25)26/h1-7,11H,8-10,12-13H2,(H,20,24)(H,25,26). The predicted octanol–water partition coefficient (Wildman–Crippen LogP) is 0.708. The number of carbonyl (C=O) groups is 2. The Morgan fingerprint density at radius 3 is 2.64 bits per heavy atom. The van der Waals surface area contributed by atoms with Crippen molar-refractivity contribution in [2.24, 2.45) is 0 Å². The number of hydrogen-bond acceptors (Lipinski definition) is 5. The van der Waals surface area contributed by atoms with E-state index >= 15 is 0 Å². The van der Waals surface area contributed by atoms with Crippen molar-refractivity contribution in [1.29, 1.82) is 0 Å². The zero-order valence-corrected chi connectivity index (χ0v) is 15.1. The average Bonchev–Trinajstić information content (AvgIpc) is 3.02. The van der Waals surface area contributed by atoms with E-state index in [4.69, 9.17) is 9.84 Å². The Balaban J connectivity index is 1.42. The third-order valence-electron chi connectivity index (χ3n) is 4.06. The number of pyridine rings is 1. The number of amides is 1. The van der Waals surface area contributed by atoms with Gasteiger partial charge >= 0.3 is 11.7 Å². The first kappa shape index (κ1) is 19.2. The van der Waals surface area contributed by atoms with Crippen molar-refractivity contribution >= 4 is 17.5 Å². The fraction of sp³-hybridized carbons (Fsp3) is 0.263. The molecule has 0 aliphatic rings. The van der Waals surface area contributed by atoms with Crippen molar-refractivity contribution in [3.63, 3.8) is 0 Å². The molecule has 0 aliphatic carbocycles. The summed E-state index contributed by atoms with van der Waals surface area (Å²) in [6, 6.07) is 12.3. The molecule has 0 saturated carbocycles. The Hall–Kier alpha value is -3.62. The number of benzene rings is 1. The van der Waals surface area contributed by atoms with E-state index in [1.54, 1.807) is 36.5 Å². The minimum atomic E-state index is -1.03. The molecule has 1 amide bonds. The number of aliphatic carboxylic acids is 1. The van der Waals surface area contributed by atoms with Gasteiger partial charge in [0.15, 0.2) is 12.3 Å². The lowest BCUT2D eigenvalue weighted by Gasteiger charge is -2.07. The lowest BCUT2D eigenvalue weighted by molar-refractivity contribution is -0.139. The quantitative estimate of drug-likeness (QED) is 0.561. The molecular weight excluding hydrogens is 364 g/mol. The molecule has 1 aromatic carbocycles. The number of ether oxygens (including phenoxy) is 1. The number of rotatable bonds is 9. The van der Waals surface area contributed by atoms with Crippen molar-refractivity contribution in [2.75, 3.05) is 13.2 Å². The zero-order chi connectivity index (χ0) is 19.9. The van der Waals surface area contributed by atoms with Gasteiger partial charge in [-0.1, -0.05) is 18.2 Å². The van der Waals surface area contributed by atoms with E-state index in [1.165, 1.54) is 9.08 Å². The summed E-state index contributed by atoms with van der Waals surface area (Å²) in [6.45, 7) is 0.279. The smallest absolute Gasteiger partial charge is 0.350 e. The summed E-state index contributed by atoms with van der Waals surface area (Å²) in [5, 5.41) is 15.6. The summed E-state index contributed by atoms with van der Waals surface area (Å²) in [5.41, 5.74) is 1.26. The highest BCUT2D eigenvalue weighted by Crippen LogP contribution is 2.12. The fourth-order valence-electron chi connectivity index (χ4n) is 2.65. The molecule has 146 valence electrons. The molecule has 0 bridgehead atoms. The highest BCUT2D eigenvalue weighted by atomic mass is 16.5. The first-order valence-corrected chi connectivity index (χ1v) is 8.77. The molecule has 0 atom stereocenters. The van der Waals surface area contributed by atoms with Crippen LogP contribution in [0.15, 0.2) is 53.5 Å². The molecule has 0 spiro atoms. The monoisotopic (exact) mass is 384 g/mol. The van der Waals surface area contributed by atoms with Crippen LogP contribution < -0.4 is 15.7 Å². The number of fused-ring (bicyclic) bond motifs is 1. The van der Waals surface area contributed by atoms with Gasteiger partial charge in [-0.15, -0.1) is 5.10 Å². The Labute approximate surface area is 160 Å². The van der Waals surface area contributed by atoms with E-state index in [1.807, 2.05) is 12.1 Å². The van der Waals surface area contributed by atoms with Crippen LogP contribution in [0.4, 0.5) is 0 Å². The lowest BCUT2D eigenvalue weighted by atomic mass is 10.1. The van der Waals surface area contributed by atoms with Crippen LogP contribution in [-0.4, -0.2) is 44.3 Å². The van der Waals surface area contributed by atoms with Crippen LogP contribution >= 0.6 is 0 Å². The maximum Gasteiger partial charge on any atom is 0.350 e. The van der Waals surface area contributed by atoms with E-state index < -0.39 is 5.97 Å². The summed E-state index contributed by atoms with van der Waals surface area (Å²) in [6.07, 6.45) is 2.42. The van der Waals surface area contributed by atoms with Crippen molar-refractivity contribution in [3.05, 3.63) is 64.7 Å². The van der Waals surface area contributed by atoms with Gasteiger partial charge in [0.2, 0.25) is 5.91 Å². The molecule has 0 unspecified atom stereocenters. The van der Waals surface area contributed by atoms with Crippen molar-refractivity contribution < 1.29 is 19.4 Å². The Morgan fingerprint density at radius 2 is 1.93 bits per heavy atom. The summed E-state index contributed by atoms with van der Waals surface area (Å²) in [4.78, 5) is 34.6. The molecule has 0 radical (unpaired) electrons. The summed E-state index contributed by atoms with van der Waals surface area (Å²) < 4.78 is 7.78. The van der Waals surface area contributed by atoms with Crippen molar-refractivity contribution in [1.82, 2.24) is 19.5 Å². The van der Waals surface area contributed by atoms with Crippen LogP contribution in [0, 0.1) is 0 Å². The maximum absolute atomic E-state index is 12.1.